The predicted molar refractivity (Wildman–Crippen MR) is 111 cm³/mol. The number of nitrogens with zero attached hydrogens (tertiary/aromatic N) is 4. The molecule has 1 aliphatic heterocycles. The maximum atomic E-state index is 13.1. The number of imidazole rings is 1. The standard InChI is InChI=1S/C21H29FN6O/c1-15-7-9-27(13-19(15)28-10-8-25-14-28)21(24-2)26-12-17(20(23)29)11-16-3-5-18(22)6-4-16/h3-6,8,10,14-15,17,19H,7,9,11-13H2,1-2H3,(H2,23,29)(H,24,26). The van der Waals surface area contributed by atoms with Crippen LogP contribution in [0.3, 0.4) is 0 Å². The van der Waals surface area contributed by atoms with Crippen LogP contribution in [0.4, 0.5) is 4.39 Å². The number of benzene rings is 1. The van der Waals surface area contributed by atoms with E-state index in [0.717, 1.165) is 31.0 Å². The van der Waals surface area contributed by atoms with E-state index in [1.165, 1.54) is 12.1 Å². The Hall–Kier alpha value is -2.90. The normalized spacial score (nSPS) is 21.1. The fourth-order valence-corrected chi connectivity index (χ4v) is 3.82. The van der Waals surface area contributed by atoms with Crippen LogP contribution < -0.4 is 11.1 Å². The lowest BCUT2D eigenvalue weighted by atomic mass is 9.93. The molecule has 1 aromatic heterocycles. The minimum absolute atomic E-state index is 0.297. The molecule has 8 heteroatoms. The van der Waals surface area contributed by atoms with Gasteiger partial charge in [0.25, 0.3) is 0 Å². The van der Waals surface area contributed by atoms with Crippen LogP contribution in [-0.2, 0) is 11.2 Å². The number of nitrogens with two attached hydrogens (primary N) is 1. The molecule has 156 valence electrons. The number of amides is 1. The van der Waals surface area contributed by atoms with Crippen LogP contribution in [0.1, 0.15) is 24.9 Å². The highest BCUT2D eigenvalue weighted by molar-refractivity contribution is 5.82. The summed E-state index contributed by atoms with van der Waals surface area (Å²) in [6, 6.07) is 6.47. The number of primary amides is 1. The number of aliphatic imine (C=N–C) groups is 1. The number of guanidine groups is 1. The van der Waals surface area contributed by atoms with E-state index in [0.29, 0.717) is 24.9 Å². The number of likely N-dealkylation sites (tertiary alicyclic amines) is 1. The van der Waals surface area contributed by atoms with Crippen molar-refractivity contribution in [3.8, 4) is 0 Å². The van der Waals surface area contributed by atoms with E-state index in [4.69, 9.17) is 5.73 Å². The molecule has 1 saturated heterocycles. The van der Waals surface area contributed by atoms with Crippen molar-refractivity contribution in [2.45, 2.75) is 25.8 Å². The highest BCUT2D eigenvalue weighted by Gasteiger charge is 2.29. The lowest BCUT2D eigenvalue weighted by molar-refractivity contribution is -0.121. The van der Waals surface area contributed by atoms with Crippen LogP contribution in [0.25, 0.3) is 0 Å². The SMILES string of the molecule is CN=C(NCC(Cc1ccc(F)cc1)C(N)=O)N1CCC(C)C(n2ccnc2)C1. The molecule has 0 aliphatic carbocycles. The molecule has 1 amide bonds. The number of carbonyl (C=O) groups is 1. The molecular weight excluding hydrogens is 371 g/mol. The number of aromatic nitrogens is 2. The molecule has 29 heavy (non-hydrogen) atoms. The van der Waals surface area contributed by atoms with E-state index in [-0.39, 0.29) is 11.7 Å². The molecule has 2 aromatic rings. The average molecular weight is 401 g/mol. The molecule has 1 aromatic carbocycles. The minimum Gasteiger partial charge on any atom is -0.369 e. The van der Waals surface area contributed by atoms with Gasteiger partial charge in [-0.15, -0.1) is 0 Å². The smallest absolute Gasteiger partial charge is 0.222 e. The number of rotatable bonds is 6. The molecule has 0 bridgehead atoms. The van der Waals surface area contributed by atoms with Crippen molar-refractivity contribution in [3.63, 3.8) is 0 Å². The Morgan fingerprint density at radius 1 is 1.41 bits per heavy atom. The van der Waals surface area contributed by atoms with Gasteiger partial charge in [0.15, 0.2) is 5.96 Å². The first kappa shape index (κ1) is 20.8. The van der Waals surface area contributed by atoms with Crippen LogP contribution in [0, 0.1) is 17.7 Å². The number of halogens is 1. The maximum absolute atomic E-state index is 13.1. The molecule has 7 nitrogen and oxygen atoms in total. The summed E-state index contributed by atoms with van der Waals surface area (Å²) in [6.07, 6.45) is 7.14. The zero-order chi connectivity index (χ0) is 20.8. The summed E-state index contributed by atoms with van der Waals surface area (Å²) in [5.74, 6) is 0.198. The number of hydrogen-bond acceptors (Lipinski definition) is 3. The van der Waals surface area contributed by atoms with Gasteiger partial charge in [-0.1, -0.05) is 19.1 Å². The molecule has 1 fully saturated rings. The zero-order valence-corrected chi connectivity index (χ0v) is 17.0. The summed E-state index contributed by atoms with van der Waals surface area (Å²) in [5.41, 5.74) is 6.48. The van der Waals surface area contributed by atoms with Gasteiger partial charge >= 0.3 is 0 Å². The topological polar surface area (TPSA) is 88.5 Å². The van der Waals surface area contributed by atoms with Crippen molar-refractivity contribution in [2.24, 2.45) is 22.6 Å². The fourth-order valence-electron chi connectivity index (χ4n) is 3.82. The molecule has 1 aliphatic rings. The Balaban J connectivity index is 1.62. The molecule has 0 saturated carbocycles. The monoisotopic (exact) mass is 400 g/mol. The van der Waals surface area contributed by atoms with E-state index >= 15 is 0 Å². The van der Waals surface area contributed by atoms with Gasteiger partial charge in [0.1, 0.15) is 5.82 Å². The van der Waals surface area contributed by atoms with Crippen LogP contribution in [-0.4, -0.2) is 53.0 Å². The van der Waals surface area contributed by atoms with Crippen LogP contribution in [0.5, 0.6) is 0 Å². The molecule has 3 N–H and O–H groups in total. The first-order valence-electron chi connectivity index (χ1n) is 9.94. The number of piperidine rings is 1. The number of nitrogens with one attached hydrogen (secondary N) is 1. The maximum Gasteiger partial charge on any atom is 0.222 e. The van der Waals surface area contributed by atoms with Crippen LogP contribution in [0.2, 0.25) is 0 Å². The Labute approximate surface area is 170 Å². The summed E-state index contributed by atoms with van der Waals surface area (Å²) in [5, 5.41) is 3.31. The van der Waals surface area contributed by atoms with Crippen molar-refractivity contribution in [3.05, 3.63) is 54.4 Å². The van der Waals surface area contributed by atoms with Gasteiger partial charge in [0, 0.05) is 39.1 Å². The second-order valence-electron chi connectivity index (χ2n) is 7.65. The van der Waals surface area contributed by atoms with Crippen molar-refractivity contribution in [1.29, 1.82) is 0 Å². The van der Waals surface area contributed by atoms with Crippen LogP contribution >= 0.6 is 0 Å². The van der Waals surface area contributed by atoms with Gasteiger partial charge in [-0.2, -0.15) is 0 Å². The molecule has 2 heterocycles. The van der Waals surface area contributed by atoms with Crippen molar-refractivity contribution >= 4 is 11.9 Å². The predicted octanol–water partition coefficient (Wildman–Crippen LogP) is 1.82. The second-order valence-corrected chi connectivity index (χ2v) is 7.65. The summed E-state index contributed by atoms with van der Waals surface area (Å²) >= 11 is 0. The summed E-state index contributed by atoms with van der Waals surface area (Å²) in [6.45, 7) is 4.34. The van der Waals surface area contributed by atoms with E-state index < -0.39 is 5.92 Å². The van der Waals surface area contributed by atoms with E-state index in [1.54, 1.807) is 25.4 Å². The molecule has 0 radical (unpaired) electrons. The first-order chi connectivity index (χ1) is 14.0. The third kappa shape index (κ3) is 5.34. The molecule has 3 atom stereocenters. The molecule has 0 spiro atoms. The lowest BCUT2D eigenvalue weighted by Gasteiger charge is -2.39. The third-order valence-corrected chi connectivity index (χ3v) is 5.64. The summed E-state index contributed by atoms with van der Waals surface area (Å²) < 4.78 is 15.3. The molecule has 3 rings (SSSR count). The van der Waals surface area contributed by atoms with E-state index in [1.807, 2.05) is 12.5 Å². The second kappa shape index (κ2) is 9.54. The van der Waals surface area contributed by atoms with Gasteiger partial charge in [-0.25, -0.2) is 9.37 Å². The van der Waals surface area contributed by atoms with Crippen LogP contribution in [0.15, 0.2) is 48.0 Å². The van der Waals surface area contributed by atoms with Crippen molar-refractivity contribution < 1.29 is 9.18 Å². The minimum atomic E-state index is -0.412. The highest BCUT2D eigenvalue weighted by atomic mass is 19.1. The average Bonchev–Trinajstić information content (AvgIpc) is 3.24. The van der Waals surface area contributed by atoms with Crippen molar-refractivity contribution in [1.82, 2.24) is 19.8 Å². The van der Waals surface area contributed by atoms with E-state index in [9.17, 15) is 9.18 Å². The lowest BCUT2D eigenvalue weighted by Crippen LogP contribution is -2.50. The Bertz CT molecular complexity index is 820. The largest absolute Gasteiger partial charge is 0.369 e. The Kier molecular flexibility index (Phi) is 6.85. The zero-order valence-electron chi connectivity index (χ0n) is 17.0. The van der Waals surface area contributed by atoms with E-state index in [2.05, 4.69) is 31.7 Å². The fraction of sp³-hybridized carbons (Fsp3) is 0.476. The Morgan fingerprint density at radius 3 is 2.79 bits per heavy atom. The molecular formula is C21H29FN6O. The number of hydrogen-bond donors (Lipinski definition) is 2. The Morgan fingerprint density at radius 2 is 2.17 bits per heavy atom. The summed E-state index contributed by atoms with van der Waals surface area (Å²) in [4.78, 5) is 22.7. The quantitative estimate of drug-likeness (QED) is 0.572. The highest BCUT2D eigenvalue weighted by Crippen LogP contribution is 2.27. The van der Waals surface area contributed by atoms with Gasteiger partial charge in [-0.05, 0) is 36.5 Å². The van der Waals surface area contributed by atoms with Gasteiger partial charge in [-0.3, -0.25) is 9.79 Å². The first-order valence-corrected chi connectivity index (χ1v) is 9.94. The third-order valence-electron chi connectivity index (χ3n) is 5.64. The summed E-state index contributed by atoms with van der Waals surface area (Å²) in [7, 11) is 1.74. The van der Waals surface area contributed by atoms with Crippen molar-refractivity contribution in [2.75, 3.05) is 26.7 Å². The molecule has 3 unspecified atom stereocenters. The van der Waals surface area contributed by atoms with Gasteiger partial charge in [0.2, 0.25) is 5.91 Å². The van der Waals surface area contributed by atoms with Gasteiger partial charge < -0.3 is 20.5 Å². The number of carbonyl (C=O) groups excluding carboxylic acids is 1. The van der Waals surface area contributed by atoms with Gasteiger partial charge in [0.05, 0.1) is 18.3 Å².